The Hall–Kier alpha value is -3.51. The Morgan fingerprint density at radius 3 is 2.16 bits per heavy atom. The normalized spacial score (nSPS) is 17.5. The number of amides is 1. The summed E-state index contributed by atoms with van der Waals surface area (Å²) in [6.07, 6.45) is 3.58. The molecule has 0 atom stereocenters. The number of para-hydroxylation sites is 1. The summed E-state index contributed by atoms with van der Waals surface area (Å²) in [6.45, 7) is 3.80. The fourth-order valence-corrected chi connectivity index (χ4v) is 5.67. The molecule has 6 heteroatoms. The van der Waals surface area contributed by atoms with E-state index in [9.17, 15) is 14.0 Å². The first-order valence-corrected chi connectivity index (χ1v) is 13.2. The van der Waals surface area contributed by atoms with Crippen molar-refractivity contribution < 1.29 is 14.0 Å². The second kappa shape index (κ2) is 11.3. The van der Waals surface area contributed by atoms with Crippen molar-refractivity contribution in [3.8, 4) is 0 Å². The first-order chi connectivity index (χ1) is 18.0. The molecule has 1 amide bonds. The van der Waals surface area contributed by atoms with Gasteiger partial charge >= 0.3 is 0 Å². The highest BCUT2D eigenvalue weighted by Crippen LogP contribution is 2.39. The van der Waals surface area contributed by atoms with Gasteiger partial charge in [0.1, 0.15) is 11.4 Å². The SMILES string of the molecule is O=C(CCCN1CCC2(CC1)C(=O)N(CCc1ccccc1)CN2c1ccccc1)c1ccc(F)cc1. The summed E-state index contributed by atoms with van der Waals surface area (Å²) in [4.78, 5) is 33.0. The van der Waals surface area contributed by atoms with E-state index in [4.69, 9.17) is 0 Å². The number of carbonyl (C=O) groups is 2. The molecule has 0 aliphatic carbocycles. The summed E-state index contributed by atoms with van der Waals surface area (Å²) in [7, 11) is 0. The number of likely N-dealkylation sites (tertiary alicyclic amines) is 1. The van der Waals surface area contributed by atoms with Gasteiger partial charge in [-0.2, -0.15) is 0 Å². The average Bonchev–Trinajstić information content (AvgIpc) is 3.20. The number of nitrogens with zero attached hydrogens (tertiary/aromatic N) is 3. The van der Waals surface area contributed by atoms with Crippen molar-refractivity contribution >= 4 is 17.4 Å². The van der Waals surface area contributed by atoms with Crippen LogP contribution in [0.4, 0.5) is 10.1 Å². The van der Waals surface area contributed by atoms with Crippen LogP contribution in [0.3, 0.4) is 0 Å². The highest BCUT2D eigenvalue weighted by molar-refractivity contribution is 5.96. The zero-order chi connectivity index (χ0) is 25.7. The monoisotopic (exact) mass is 499 g/mol. The van der Waals surface area contributed by atoms with Gasteiger partial charge in [-0.3, -0.25) is 9.59 Å². The van der Waals surface area contributed by atoms with Gasteiger partial charge in [0, 0.05) is 37.3 Å². The Morgan fingerprint density at radius 2 is 1.49 bits per heavy atom. The zero-order valence-corrected chi connectivity index (χ0v) is 21.2. The zero-order valence-electron chi connectivity index (χ0n) is 21.2. The second-order valence-electron chi connectivity index (χ2n) is 10.1. The highest BCUT2D eigenvalue weighted by Gasteiger charge is 2.53. The van der Waals surface area contributed by atoms with Crippen LogP contribution in [-0.2, 0) is 11.2 Å². The van der Waals surface area contributed by atoms with Crippen LogP contribution in [0.25, 0.3) is 0 Å². The molecule has 5 rings (SSSR count). The fraction of sp³-hybridized carbons (Fsp3) is 0.355. The molecular weight excluding hydrogens is 465 g/mol. The Balaban J connectivity index is 1.21. The minimum Gasteiger partial charge on any atom is -0.339 e. The molecule has 1 spiro atoms. The quantitative estimate of drug-likeness (QED) is 0.381. The van der Waals surface area contributed by atoms with Crippen LogP contribution >= 0.6 is 0 Å². The molecule has 2 heterocycles. The molecule has 37 heavy (non-hydrogen) atoms. The molecule has 192 valence electrons. The minimum absolute atomic E-state index is 0.0451. The smallest absolute Gasteiger partial charge is 0.250 e. The molecule has 0 aromatic heterocycles. The van der Waals surface area contributed by atoms with Crippen LogP contribution in [0, 0.1) is 5.82 Å². The number of halogens is 1. The maximum absolute atomic E-state index is 13.9. The molecule has 0 saturated carbocycles. The van der Waals surface area contributed by atoms with Gasteiger partial charge in [0.05, 0.1) is 6.67 Å². The third kappa shape index (κ3) is 5.59. The van der Waals surface area contributed by atoms with Crippen LogP contribution in [0.2, 0.25) is 0 Å². The number of anilines is 1. The molecule has 0 N–H and O–H groups in total. The number of benzene rings is 3. The van der Waals surface area contributed by atoms with Crippen LogP contribution in [0.15, 0.2) is 84.9 Å². The van der Waals surface area contributed by atoms with E-state index in [1.807, 2.05) is 41.3 Å². The lowest BCUT2D eigenvalue weighted by Crippen LogP contribution is -2.56. The van der Waals surface area contributed by atoms with Crippen LogP contribution in [0.5, 0.6) is 0 Å². The molecule has 2 fully saturated rings. The summed E-state index contributed by atoms with van der Waals surface area (Å²) < 4.78 is 13.1. The van der Waals surface area contributed by atoms with E-state index in [1.165, 1.54) is 17.7 Å². The van der Waals surface area contributed by atoms with Gasteiger partial charge in [-0.15, -0.1) is 0 Å². The van der Waals surface area contributed by atoms with Gasteiger partial charge in [0.15, 0.2) is 5.78 Å². The van der Waals surface area contributed by atoms with E-state index in [0.29, 0.717) is 25.2 Å². The van der Waals surface area contributed by atoms with E-state index >= 15 is 0 Å². The Kier molecular flexibility index (Phi) is 7.65. The van der Waals surface area contributed by atoms with Gasteiger partial charge in [-0.05, 0) is 74.2 Å². The van der Waals surface area contributed by atoms with Crippen molar-refractivity contribution in [2.24, 2.45) is 0 Å². The molecule has 0 radical (unpaired) electrons. The van der Waals surface area contributed by atoms with Crippen molar-refractivity contribution in [3.63, 3.8) is 0 Å². The lowest BCUT2D eigenvalue weighted by Gasteiger charge is -2.43. The third-order valence-corrected chi connectivity index (χ3v) is 7.82. The lowest BCUT2D eigenvalue weighted by molar-refractivity contribution is -0.133. The topological polar surface area (TPSA) is 43.9 Å². The van der Waals surface area contributed by atoms with Crippen molar-refractivity contribution in [3.05, 3.63) is 102 Å². The van der Waals surface area contributed by atoms with E-state index in [1.54, 1.807) is 12.1 Å². The average molecular weight is 500 g/mol. The third-order valence-electron chi connectivity index (χ3n) is 7.82. The molecule has 5 nitrogen and oxygen atoms in total. The van der Waals surface area contributed by atoms with Crippen molar-refractivity contribution in [2.75, 3.05) is 37.7 Å². The molecule has 0 bridgehead atoms. The Bertz CT molecular complexity index is 1190. The summed E-state index contributed by atoms with van der Waals surface area (Å²) in [5.74, 6) is -0.0504. The molecule has 0 unspecified atom stereocenters. The Morgan fingerprint density at radius 1 is 0.838 bits per heavy atom. The largest absolute Gasteiger partial charge is 0.339 e. The van der Waals surface area contributed by atoms with Gasteiger partial charge in [0.2, 0.25) is 5.91 Å². The predicted molar refractivity (Wildman–Crippen MR) is 144 cm³/mol. The molecular formula is C31H34FN3O2. The van der Waals surface area contributed by atoms with Crippen LogP contribution in [-0.4, -0.2) is 59.9 Å². The van der Waals surface area contributed by atoms with E-state index in [0.717, 1.165) is 51.0 Å². The first-order valence-electron chi connectivity index (χ1n) is 13.2. The number of hydrogen-bond donors (Lipinski definition) is 0. The molecule has 3 aromatic carbocycles. The molecule has 2 saturated heterocycles. The van der Waals surface area contributed by atoms with Crippen molar-refractivity contribution in [1.29, 1.82) is 0 Å². The van der Waals surface area contributed by atoms with Gasteiger partial charge in [-0.1, -0.05) is 48.5 Å². The van der Waals surface area contributed by atoms with E-state index in [-0.39, 0.29) is 17.5 Å². The predicted octanol–water partition coefficient (Wildman–Crippen LogP) is 5.17. The summed E-state index contributed by atoms with van der Waals surface area (Å²) in [6, 6.07) is 26.4. The van der Waals surface area contributed by atoms with Crippen molar-refractivity contribution in [1.82, 2.24) is 9.80 Å². The van der Waals surface area contributed by atoms with E-state index in [2.05, 4.69) is 34.1 Å². The molecule has 2 aliphatic heterocycles. The van der Waals surface area contributed by atoms with Crippen LogP contribution in [0.1, 0.15) is 41.6 Å². The number of piperidine rings is 1. The first kappa shape index (κ1) is 25.2. The van der Waals surface area contributed by atoms with E-state index < -0.39 is 5.54 Å². The number of rotatable bonds is 9. The Labute approximate surface area is 218 Å². The van der Waals surface area contributed by atoms with Gasteiger partial charge in [-0.25, -0.2) is 4.39 Å². The maximum atomic E-state index is 13.9. The maximum Gasteiger partial charge on any atom is 0.250 e. The standard InChI is InChI=1S/C31H34FN3O2/c32-27-15-13-26(14-16-27)29(36)12-7-20-33-22-18-31(19-23-33)30(37)34(21-17-25-8-3-1-4-9-25)24-35(31)28-10-5-2-6-11-28/h1-6,8-11,13-16H,7,12,17-24H2. The summed E-state index contributed by atoms with van der Waals surface area (Å²) in [5, 5.41) is 0. The van der Waals surface area contributed by atoms with Crippen molar-refractivity contribution in [2.45, 2.75) is 37.6 Å². The number of carbonyl (C=O) groups excluding carboxylic acids is 2. The number of Topliss-reactive ketones (excluding diaryl/α,β-unsaturated/α-hetero) is 1. The number of hydrogen-bond acceptors (Lipinski definition) is 4. The molecule has 2 aliphatic rings. The molecule has 3 aromatic rings. The lowest BCUT2D eigenvalue weighted by atomic mass is 9.85. The van der Waals surface area contributed by atoms with Gasteiger partial charge in [0.25, 0.3) is 0 Å². The van der Waals surface area contributed by atoms with Gasteiger partial charge < -0.3 is 14.7 Å². The number of ketones is 1. The second-order valence-corrected chi connectivity index (χ2v) is 10.1. The summed E-state index contributed by atoms with van der Waals surface area (Å²) >= 11 is 0. The highest BCUT2D eigenvalue weighted by atomic mass is 19.1. The summed E-state index contributed by atoms with van der Waals surface area (Å²) in [5.41, 5.74) is 2.38. The fourth-order valence-electron chi connectivity index (χ4n) is 5.67. The minimum atomic E-state index is -0.515. The van der Waals surface area contributed by atoms with Crippen LogP contribution < -0.4 is 4.90 Å².